The normalized spacial score (nSPS) is 29.9. The molecule has 1 aromatic rings. The third-order valence-corrected chi connectivity index (χ3v) is 4.54. The summed E-state index contributed by atoms with van der Waals surface area (Å²) in [6.45, 7) is 5.57. The van der Waals surface area contributed by atoms with Gasteiger partial charge in [-0.15, -0.1) is 0 Å². The maximum atomic E-state index is 12.5. The molecule has 0 aromatic heterocycles. The summed E-state index contributed by atoms with van der Waals surface area (Å²) in [5.74, 6) is 0.190. The van der Waals surface area contributed by atoms with Gasteiger partial charge in [0.25, 0.3) is 0 Å². The molecule has 0 spiro atoms. The van der Waals surface area contributed by atoms with Crippen LogP contribution in [0.1, 0.15) is 44.0 Å². The van der Waals surface area contributed by atoms with Gasteiger partial charge in [0.15, 0.2) is 0 Å². The van der Waals surface area contributed by atoms with Gasteiger partial charge in [-0.05, 0) is 37.3 Å². The van der Waals surface area contributed by atoms with Crippen molar-refractivity contribution in [2.45, 2.75) is 51.4 Å². The van der Waals surface area contributed by atoms with E-state index < -0.39 is 0 Å². The first kappa shape index (κ1) is 14.5. The lowest BCUT2D eigenvalue weighted by molar-refractivity contribution is -0.135. The minimum absolute atomic E-state index is 0.0230. The molecule has 1 amide bonds. The highest BCUT2D eigenvalue weighted by Crippen LogP contribution is 2.30. The van der Waals surface area contributed by atoms with Gasteiger partial charge in [-0.1, -0.05) is 31.2 Å². The number of amides is 1. The van der Waals surface area contributed by atoms with Crippen molar-refractivity contribution in [3.8, 4) is 0 Å². The minimum Gasteiger partial charge on any atom is -0.379 e. The Morgan fingerprint density at radius 3 is 2.71 bits per heavy atom. The average Bonchev–Trinajstić information content (AvgIpc) is 2.84. The Bertz CT molecular complexity index is 494. The lowest BCUT2D eigenvalue weighted by Gasteiger charge is -2.35. The molecule has 2 aliphatic rings. The van der Waals surface area contributed by atoms with Crippen molar-refractivity contribution in [1.82, 2.24) is 10.2 Å². The highest BCUT2D eigenvalue weighted by atomic mass is 16.5. The standard InChI is InChI=1S/C17H24N2O2/c1-3-13-6-8-14(9-7-13)16-18-12(2)17(20)19(16)15-5-4-10-21-11-15/h6-9,12,15-16,18H,3-5,10-11H2,1-2H3. The Morgan fingerprint density at radius 1 is 1.33 bits per heavy atom. The second-order valence-corrected chi connectivity index (χ2v) is 6.00. The number of hydrogen-bond donors (Lipinski definition) is 1. The smallest absolute Gasteiger partial charge is 0.241 e. The number of aryl methyl sites for hydroxylation is 1. The molecular weight excluding hydrogens is 264 g/mol. The molecule has 0 radical (unpaired) electrons. The van der Waals surface area contributed by atoms with Crippen LogP contribution < -0.4 is 5.32 Å². The molecule has 1 N–H and O–H groups in total. The molecule has 0 aliphatic carbocycles. The van der Waals surface area contributed by atoms with Gasteiger partial charge in [-0.2, -0.15) is 0 Å². The zero-order chi connectivity index (χ0) is 14.8. The van der Waals surface area contributed by atoms with Crippen LogP contribution in [0.3, 0.4) is 0 Å². The summed E-state index contributed by atoms with van der Waals surface area (Å²) >= 11 is 0. The number of carbonyl (C=O) groups excluding carboxylic acids is 1. The number of nitrogens with one attached hydrogen (secondary N) is 1. The molecule has 2 aliphatic heterocycles. The summed E-state index contributed by atoms with van der Waals surface area (Å²) in [4.78, 5) is 14.5. The quantitative estimate of drug-likeness (QED) is 0.927. The van der Waals surface area contributed by atoms with Gasteiger partial charge >= 0.3 is 0 Å². The minimum atomic E-state index is -0.122. The van der Waals surface area contributed by atoms with Crippen LogP contribution in [0.5, 0.6) is 0 Å². The van der Waals surface area contributed by atoms with Crippen molar-refractivity contribution in [3.05, 3.63) is 35.4 Å². The highest BCUT2D eigenvalue weighted by molar-refractivity contribution is 5.84. The number of nitrogens with zero attached hydrogens (tertiary/aromatic N) is 1. The van der Waals surface area contributed by atoms with Gasteiger partial charge in [0.2, 0.25) is 5.91 Å². The van der Waals surface area contributed by atoms with Gasteiger partial charge in [-0.25, -0.2) is 0 Å². The van der Waals surface area contributed by atoms with Gasteiger partial charge in [0, 0.05) is 6.61 Å². The fourth-order valence-corrected chi connectivity index (χ4v) is 3.27. The lowest BCUT2D eigenvalue weighted by atomic mass is 10.0. The van der Waals surface area contributed by atoms with E-state index in [2.05, 4.69) is 36.5 Å². The van der Waals surface area contributed by atoms with E-state index in [1.54, 1.807) is 0 Å². The number of rotatable bonds is 3. The van der Waals surface area contributed by atoms with Crippen molar-refractivity contribution in [1.29, 1.82) is 0 Å². The Labute approximate surface area is 126 Å². The fourth-order valence-electron chi connectivity index (χ4n) is 3.27. The summed E-state index contributed by atoms with van der Waals surface area (Å²) in [5.41, 5.74) is 2.49. The molecular formula is C17H24N2O2. The highest BCUT2D eigenvalue weighted by Gasteiger charge is 2.41. The molecule has 21 heavy (non-hydrogen) atoms. The summed E-state index contributed by atoms with van der Waals surface area (Å²) < 4.78 is 5.58. The molecule has 0 saturated carbocycles. The van der Waals surface area contributed by atoms with Crippen LogP contribution in [-0.4, -0.2) is 36.1 Å². The molecule has 4 heteroatoms. The Balaban J connectivity index is 1.85. The van der Waals surface area contributed by atoms with Gasteiger partial charge in [0.05, 0.1) is 18.7 Å². The summed E-state index contributed by atoms with van der Waals surface area (Å²) in [7, 11) is 0. The number of ether oxygens (including phenoxy) is 1. The SMILES string of the molecule is CCc1ccc(C2NC(C)C(=O)N2C2CCCOC2)cc1. The number of hydrogen-bond acceptors (Lipinski definition) is 3. The van der Waals surface area contributed by atoms with E-state index in [1.165, 1.54) is 5.56 Å². The third kappa shape index (κ3) is 2.83. The molecule has 2 heterocycles. The summed E-state index contributed by atoms with van der Waals surface area (Å²) in [6, 6.07) is 8.65. The first-order chi connectivity index (χ1) is 10.2. The Kier molecular flexibility index (Phi) is 4.27. The van der Waals surface area contributed by atoms with Crippen molar-refractivity contribution in [2.24, 2.45) is 0 Å². The van der Waals surface area contributed by atoms with Crippen molar-refractivity contribution < 1.29 is 9.53 Å². The fraction of sp³-hybridized carbons (Fsp3) is 0.588. The largest absolute Gasteiger partial charge is 0.379 e. The molecule has 3 rings (SSSR count). The monoisotopic (exact) mass is 288 g/mol. The predicted molar refractivity (Wildman–Crippen MR) is 81.8 cm³/mol. The molecule has 0 bridgehead atoms. The van der Waals surface area contributed by atoms with Crippen LogP contribution in [-0.2, 0) is 16.0 Å². The zero-order valence-corrected chi connectivity index (χ0v) is 12.8. The first-order valence-electron chi connectivity index (χ1n) is 7.95. The topological polar surface area (TPSA) is 41.6 Å². The second-order valence-electron chi connectivity index (χ2n) is 6.00. The van der Waals surface area contributed by atoms with Crippen LogP contribution >= 0.6 is 0 Å². The van der Waals surface area contributed by atoms with Crippen molar-refractivity contribution in [3.63, 3.8) is 0 Å². The molecule has 2 saturated heterocycles. The Hall–Kier alpha value is -1.39. The van der Waals surface area contributed by atoms with Crippen molar-refractivity contribution >= 4 is 5.91 Å². The van der Waals surface area contributed by atoms with E-state index in [9.17, 15) is 4.79 Å². The summed E-state index contributed by atoms with van der Waals surface area (Å²) in [6.07, 6.45) is 3.08. The van der Waals surface area contributed by atoms with Crippen LogP contribution in [0.2, 0.25) is 0 Å². The Morgan fingerprint density at radius 2 is 2.10 bits per heavy atom. The van der Waals surface area contributed by atoms with Crippen LogP contribution in [0.4, 0.5) is 0 Å². The van der Waals surface area contributed by atoms with Gasteiger partial charge in [0.1, 0.15) is 6.17 Å². The number of carbonyl (C=O) groups is 1. The van der Waals surface area contributed by atoms with E-state index in [4.69, 9.17) is 4.74 Å². The maximum absolute atomic E-state index is 12.5. The van der Waals surface area contributed by atoms with E-state index >= 15 is 0 Å². The molecule has 114 valence electrons. The third-order valence-electron chi connectivity index (χ3n) is 4.54. The van der Waals surface area contributed by atoms with Crippen molar-refractivity contribution in [2.75, 3.05) is 13.2 Å². The van der Waals surface area contributed by atoms with Gasteiger partial charge in [-0.3, -0.25) is 10.1 Å². The van der Waals surface area contributed by atoms with Crippen LogP contribution in [0, 0.1) is 0 Å². The predicted octanol–water partition coefficient (Wildman–Crippen LogP) is 2.25. The average molecular weight is 288 g/mol. The number of benzene rings is 1. The summed E-state index contributed by atoms with van der Waals surface area (Å²) in [5, 5.41) is 3.43. The van der Waals surface area contributed by atoms with E-state index in [1.807, 2.05) is 11.8 Å². The molecule has 1 aromatic carbocycles. The molecule has 3 atom stereocenters. The molecule has 4 nitrogen and oxygen atoms in total. The lowest BCUT2D eigenvalue weighted by Crippen LogP contribution is -2.44. The van der Waals surface area contributed by atoms with Crippen LogP contribution in [0.15, 0.2) is 24.3 Å². The zero-order valence-electron chi connectivity index (χ0n) is 12.8. The first-order valence-corrected chi connectivity index (χ1v) is 7.95. The molecule has 2 fully saturated rings. The van der Waals surface area contributed by atoms with E-state index in [0.29, 0.717) is 6.61 Å². The maximum Gasteiger partial charge on any atom is 0.241 e. The molecule has 3 unspecified atom stereocenters. The van der Waals surface area contributed by atoms with E-state index in [0.717, 1.165) is 31.4 Å². The van der Waals surface area contributed by atoms with Gasteiger partial charge < -0.3 is 9.64 Å². The second kappa shape index (κ2) is 6.16. The van der Waals surface area contributed by atoms with Crippen LogP contribution in [0.25, 0.3) is 0 Å². The van der Waals surface area contributed by atoms with E-state index in [-0.39, 0.29) is 24.2 Å².